The predicted octanol–water partition coefficient (Wildman–Crippen LogP) is 2.14. The van der Waals surface area contributed by atoms with Crippen molar-refractivity contribution in [2.45, 2.75) is 11.6 Å². The highest BCUT2D eigenvalue weighted by Crippen LogP contribution is 2.32. The molecule has 2 heterocycles. The van der Waals surface area contributed by atoms with Gasteiger partial charge in [-0.05, 0) is 12.1 Å². The maximum Gasteiger partial charge on any atom is 0.362 e. The number of benzene rings is 1. The molecule has 1 aliphatic heterocycles. The van der Waals surface area contributed by atoms with Crippen molar-refractivity contribution in [2.75, 3.05) is 0 Å². The third-order valence-electron chi connectivity index (χ3n) is 2.48. The van der Waals surface area contributed by atoms with E-state index in [1.165, 1.54) is 0 Å². The van der Waals surface area contributed by atoms with Gasteiger partial charge in [-0.3, -0.25) is 0 Å². The minimum Gasteiger partial charge on any atom is -0.476 e. The van der Waals surface area contributed by atoms with Crippen molar-refractivity contribution < 1.29 is 14.1 Å². The Bertz CT molecular complexity index is 493. The van der Waals surface area contributed by atoms with Crippen LogP contribution in [-0.4, -0.2) is 5.11 Å². The zero-order chi connectivity index (χ0) is 10.3. The molecule has 2 aromatic rings. The summed E-state index contributed by atoms with van der Waals surface area (Å²) < 4.78 is 7.33. The molecule has 0 fully saturated rings. The van der Waals surface area contributed by atoms with Crippen LogP contribution in [0.2, 0.25) is 0 Å². The van der Waals surface area contributed by atoms with E-state index in [0.717, 1.165) is 28.8 Å². The van der Waals surface area contributed by atoms with E-state index in [2.05, 4.69) is 0 Å². The smallest absolute Gasteiger partial charge is 0.362 e. The van der Waals surface area contributed by atoms with E-state index in [9.17, 15) is 5.11 Å². The van der Waals surface area contributed by atoms with Crippen LogP contribution in [-0.2, 0) is 11.6 Å². The van der Waals surface area contributed by atoms with Crippen LogP contribution in [0.25, 0.3) is 11.3 Å². The van der Waals surface area contributed by atoms with E-state index in [4.69, 9.17) is 4.42 Å². The minimum atomic E-state index is 0.0245. The van der Waals surface area contributed by atoms with Crippen molar-refractivity contribution in [3.05, 3.63) is 36.2 Å². The fourth-order valence-electron chi connectivity index (χ4n) is 1.80. The summed E-state index contributed by atoms with van der Waals surface area (Å²) in [5, 5.41) is 9.73. The number of thioether (sulfide) groups is 1. The molecule has 3 rings (SSSR count). The zero-order valence-corrected chi connectivity index (χ0v) is 8.83. The quantitative estimate of drug-likeness (QED) is 0.748. The second-order valence-corrected chi connectivity index (χ2v) is 4.38. The van der Waals surface area contributed by atoms with Crippen molar-refractivity contribution in [3.63, 3.8) is 0 Å². The lowest BCUT2D eigenvalue weighted by molar-refractivity contribution is -0.670. The summed E-state index contributed by atoms with van der Waals surface area (Å²) in [6, 6.07) is 9.82. The first-order valence-corrected chi connectivity index (χ1v) is 5.89. The summed E-state index contributed by atoms with van der Waals surface area (Å²) in [5.41, 5.74) is 1.78. The van der Waals surface area contributed by atoms with E-state index in [-0.39, 0.29) is 5.95 Å². The average molecular weight is 220 g/mol. The number of nitrogens with zero attached hydrogens (tertiary/aromatic N) is 1. The Morgan fingerprint density at radius 3 is 2.87 bits per heavy atom. The monoisotopic (exact) mass is 220 g/mol. The van der Waals surface area contributed by atoms with Gasteiger partial charge in [0.2, 0.25) is 0 Å². The third kappa shape index (κ3) is 1.33. The molecule has 3 nitrogen and oxygen atoms in total. The Morgan fingerprint density at radius 1 is 1.27 bits per heavy atom. The van der Waals surface area contributed by atoms with Gasteiger partial charge in [-0.2, -0.15) is 0 Å². The molecule has 0 aliphatic carbocycles. The molecule has 0 radical (unpaired) electrons. The highest BCUT2D eigenvalue weighted by molar-refractivity contribution is 7.97. The Kier molecular flexibility index (Phi) is 1.95. The summed E-state index contributed by atoms with van der Waals surface area (Å²) in [5.74, 6) is 2.55. The highest BCUT2D eigenvalue weighted by Gasteiger charge is 2.33. The van der Waals surface area contributed by atoms with Crippen LogP contribution in [0, 0.1) is 0 Å². The first-order valence-electron chi connectivity index (χ1n) is 4.74. The van der Waals surface area contributed by atoms with Crippen LogP contribution in [0.3, 0.4) is 0 Å². The number of aromatic hydroxyl groups is 1. The highest BCUT2D eigenvalue weighted by atomic mass is 32.2. The molecule has 0 unspecified atom stereocenters. The van der Waals surface area contributed by atoms with Gasteiger partial charge in [0.15, 0.2) is 5.88 Å². The van der Waals surface area contributed by atoms with E-state index >= 15 is 0 Å². The van der Waals surface area contributed by atoms with Crippen LogP contribution in [0.1, 0.15) is 5.89 Å². The van der Waals surface area contributed by atoms with E-state index in [1.54, 1.807) is 11.8 Å². The second kappa shape index (κ2) is 3.31. The molecule has 1 aliphatic rings. The van der Waals surface area contributed by atoms with Gasteiger partial charge in [0.05, 0.1) is 5.56 Å². The fraction of sp³-hybridized carbons (Fsp3) is 0.182. The lowest BCUT2D eigenvalue weighted by Gasteiger charge is -1.93. The number of fused-ring (bicyclic) bond motifs is 1. The third-order valence-corrected chi connectivity index (χ3v) is 3.37. The standard InChI is InChI=1S/C11H9NO2S/c13-11-10(8-4-2-1-3-5-8)12-7-15-6-9(12)14-11/h1-5H,6-7H2/p+1. The molecule has 0 saturated carbocycles. The molecular formula is C11H10NO2S+. The maximum absolute atomic E-state index is 9.73. The normalized spacial score (nSPS) is 14.1. The SMILES string of the molecule is Oc1oc2[n+](c1-c1ccccc1)CSC2. The zero-order valence-electron chi connectivity index (χ0n) is 8.01. The maximum atomic E-state index is 9.73. The van der Waals surface area contributed by atoms with Crippen LogP contribution in [0.4, 0.5) is 0 Å². The molecular weight excluding hydrogens is 210 g/mol. The lowest BCUT2D eigenvalue weighted by atomic mass is 10.2. The summed E-state index contributed by atoms with van der Waals surface area (Å²) in [6.45, 7) is 0. The van der Waals surface area contributed by atoms with Gasteiger partial charge in [-0.25, -0.2) is 0 Å². The van der Waals surface area contributed by atoms with Gasteiger partial charge in [-0.1, -0.05) is 30.0 Å². The largest absolute Gasteiger partial charge is 0.476 e. The summed E-state index contributed by atoms with van der Waals surface area (Å²) in [6.07, 6.45) is 0. The molecule has 15 heavy (non-hydrogen) atoms. The van der Waals surface area contributed by atoms with Crippen molar-refractivity contribution in [1.82, 2.24) is 0 Å². The number of aromatic nitrogens is 1. The summed E-state index contributed by atoms with van der Waals surface area (Å²) in [7, 11) is 0. The first-order chi connectivity index (χ1) is 7.36. The Balaban J connectivity index is 2.20. The average Bonchev–Trinajstić information content (AvgIpc) is 2.78. The van der Waals surface area contributed by atoms with E-state index in [0.29, 0.717) is 0 Å². The molecule has 76 valence electrons. The molecule has 1 aromatic heterocycles. The summed E-state index contributed by atoms with van der Waals surface area (Å²) >= 11 is 1.79. The van der Waals surface area contributed by atoms with Gasteiger partial charge in [-0.15, -0.1) is 4.57 Å². The summed E-state index contributed by atoms with van der Waals surface area (Å²) in [4.78, 5) is 0. The van der Waals surface area contributed by atoms with Crippen LogP contribution < -0.4 is 4.57 Å². The van der Waals surface area contributed by atoms with Crippen LogP contribution in [0.15, 0.2) is 34.7 Å². The van der Waals surface area contributed by atoms with Gasteiger partial charge >= 0.3 is 11.8 Å². The Labute approximate surface area is 91.4 Å². The molecule has 0 atom stereocenters. The Hall–Kier alpha value is -1.42. The van der Waals surface area contributed by atoms with Crippen molar-refractivity contribution in [1.29, 1.82) is 0 Å². The molecule has 4 heteroatoms. The first kappa shape index (κ1) is 8.85. The van der Waals surface area contributed by atoms with Gasteiger partial charge in [0.1, 0.15) is 5.75 Å². The number of hydrogen-bond donors (Lipinski definition) is 1. The van der Waals surface area contributed by atoms with Gasteiger partial charge in [0.25, 0.3) is 5.69 Å². The van der Waals surface area contributed by atoms with Crippen molar-refractivity contribution in [3.8, 4) is 17.2 Å². The number of rotatable bonds is 1. The van der Waals surface area contributed by atoms with Crippen LogP contribution in [0.5, 0.6) is 5.95 Å². The van der Waals surface area contributed by atoms with E-state index < -0.39 is 0 Å². The predicted molar refractivity (Wildman–Crippen MR) is 57.3 cm³/mol. The fourth-order valence-corrected chi connectivity index (χ4v) is 2.74. The van der Waals surface area contributed by atoms with Gasteiger partial charge < -0.3 is 9.52 Å². The van der Waals surface area contributed by atoms with Crippen molar-refractivity contribution in [2.24, 2.45) is 0 Å². The minimum absolute atomic E-state index is 0.0245. The number of hydrogen-bond acceptors (Lipinski definition) is 3. The molecule has 1 aromatic carbocycles. The molecule has 0 bridgehead atoms. The Morgan fingerprint density at radius 2 is 2.07 bits per heavy atom. The van der Waals surface area contributed by atoms with E-state index in [1.807, 2.05) is 34.9 Å². The molecule has 0 saturated heterocycles. The van der Waals surface area contributed by atoms with Gasteiger partial charge in [0, 0.05) is 0 Å². The molecule has 1 N–H and O–H groups in total. The molecule has 0 amide bonds. The molecule has 0 spiro atoms. The van der Waals surface area contributed by atoms with Crippen LogP contribution >= 0.6 is 11.8 Å². The lowest BCUT2D eigenvalue weighted by Crippen LogP contribution is -2.32. The number of oxazole rings is 1. The topological polar surface area (TPSA) is 37.3 Å². The van der Waals surface area contributed by atoms with Crippen molar-refractivity contribution >= 4 is 11.8 Å². The second-order valence-electron chi connectivity index (χ2n) is 3.42.